The number of para-hydroxylation sites is 1. The number of H-pyrrole nitrogens is 1. The fourth-order valence-electron chi connectivity index (χ4n) is 6.85. The number of halogens is 1. The topological polar surface area (TPSA) is 53.2 Å². The van der Waals surface area contributed by atoms with E-state index in [1.807, 2.05) is 12.1 Å². The zero-order valence-electron chi connectivity index (χ0n) is 19.3. The molecule has 1 saturated carbocycles. The molecule has 0 bridgehead atoms. The number of hydrogen-bond donors (Lipinski definition) is 1. The molecule has 1 saturated heterocycles. The number of nitrogens with zero attached hydrogens (tertiary/aromatic N) is 1. The minimum atomic E-state index is -0.509. The van der Waals surface area contributed by atoms with Gasteiger partial charge in [0.1, 0.15) is 5.82 Å². The van der Waals surface area contributed by atoms with E-state index in [4.69, 9.17) is 0 Å². The Hall–Kier alpha value is -2.95. The van der Waals surface area contributed by atoms with Gasteiger partial charge in [0.2, 0.25) is 11.8 Å². The first-order valence-corrected chi connectivity index (χ1v) is 12.0. The first-order chi connectivity index (χ1) is 15.8. The molecule has 5 heteroatoms. The van der Waals surface area contributed by atoms with Crippen LogP contribution in [-0.2, 0) is 9.59 Å². The molecule has 2 aliphatic carbocycles. The highest BCUT2D eigenvalue weighted by atomic mass is 19.1. The molecule has 1 N–H and O–H groups in total. The molecule has 2 heterocycles. The number of rotatable bonds is 1. The molecule has 0 spiro atoms. The fraction of sp³-hybridized carbons (Fsp3) is 0.429. The summed E-state index contributed by atoms with van der Waals surface area (Å²) >= 11 is 0. The Kier molecular flexibility index (Phi) is 4.39. The Balaban J connectivity index is 1.52. The Morgan fingerprint density at radius 1 is 0.970 bits per heavy atom. The van der Waals surface area contributed by atoms with E-state index < -0.39 is 5.92 Å². The Labute approximate surface area is 193 Å². The molecule has 1 aromatic heterocycles. The van der Waals surface area contributed by atoms with Crippen LogP contribution in [0.4, 0.5) is 10.1 Å². The van der Waals surface area contributed by atoms with Crippen molar-refractivity contribution in [3.63, 3.8) is 0 Å². The van der Waals surface area contributed by atoms with Gasteiger partial charge in [-0.1, -0.05) is 39.0 Å². The zero-order valence-corrected chi connectivity index (χ0v) is 19.3. The van der Waals surface area contributed by atoms with Crippen LogP contribution in [0.1, 0.15) is 63.1 Å². The van der Waals surface area contributed by atoms with Gasteiger partial charge in [0.15, 0.2) is 0 Å². The van der Waals surface area contributed by atoms with E-state index in [1.165, 1.54) is 40.1 Å². The number of benzene rings is 2. The van der Waals surface area contributed by atoms with Crippen LogP contribution < -0.4 is 4.90 Å². The smallest absolute Gasteiger partial charge is 0.243 e. The maximum absolute atomic E-state index is 13.9. The molecular formula is C28H29FN2O2. The molecule has 1 aliphatic heterocycles. The summed E-state index contributed by atoms with van der Waals surface area (Å²) < 4.78 is 13.6. The van der Waals surface area contributed by atoms with Crippen molar-refractivity contribution in [2.45, 2.75) is 51.9 Å². The third-order valence-electron chi connectivity index (χ3n) is 8.48. The summed E-state index contributed by atoms with van der Waals surface area (Å²) in [5, 5.41) is 1.18. The number of aromatic nitrogens is 1. The SMILES string of the molecule is CC(C)(C)C1CCC2c3c([nH]c4ccccc34)C3C(=O)N(c4ccc(F)cc4)C(=O)C3C2C1. The van der Waals surface area contributed by atoms with Crippen LogP contribution in [0.25, 0.3) is 10.9 Å². The third kappa shape index (κ3) is 2.94. The second-order valence-electron chi connectivity index (χ2n) is 11.1. The summed E-state index contributed by atoms with van der Waals surface area (Å²) in [4.78, 5) is 32.5. The van der Waals surface area contributed by atoms with Crippen molar-refractivity contribution >= 4 is 28.4 Å². The van der Waals surface area contributed by atoms with E-state index in [1.54, 1.807) is 0 Å². The van der Waals surface area contributed by atoms with Gasteiger partial charge in [-0.15, -0.1) is 0 Å². The number of nitrogens with one attached hydrogen (secondary N) is 1. The Morgan fingerprint density at radius 3 is 2.42 bits per heavy atom. The number of aromatic amines is 1. The summed E-state index contributed by atoms with van der Waals surface area (Å²) in [6.07, 6.45) is 3.11. The molecule has 4 nitrogen and oxygen atoms in total. The summed E-state index contributed by atoms with van der Waals surface area (Å²) in [5.74, 6) is -0.695. The number of hydrogen-bond acceptors (Lipinski definition) is 2. The number of carbonyl (C=O) groups excluding carboxylic acids is 2. The van der Waals surface area contributed by atoms with Crippen molar-refractivity contribution in [2.24, 2.45) is 23.2 Å². The number of amides is 2. The summed E-state index contributed by atoms with van der Waals surface area (Å²) in [7, 11) is 0. The standard InChI is InChI=1S/C28H29FN2O2/c1-28(2,3)15-8-13-18-20(14-15)23-24(25-22(18)19-6-4-5-7-21(19)30-25)27(33)31(26(23)32)17-11-9-16(29)10-12-17/h4-7,9-12,15,18,20,23-24,30H,8,13-14H2,1-3H3. The molecule has 5 unspecified atom stereocenters. The van der Waals surface area contributed by atoms with Gasteiger partial charge in [-0.2, -0.15) is 0 Å². The second-order valence-corrected chi connectivity index (χ2v) is 11.1. The third-order valence-corrected chi connectivity index (χ3v) is 8.48. The lowest BCUT2D eigenvalue weighted by molar-refractivity contribution is -0.123. The van der Waals surface area contributed by atoms with Crippen molar-refractivity contribution in [3.8, 4) is 0 Å². The average Bonchev–Trinajstić information content (AvgIpc) is 3.29. The highest BCUT2D eigenvalue weighted by Gasteiger charge is 2.59. The van der Waals surface area contributed by atoms with Gasteiger partial charge in [0.25, 0.3) is 0 Å². The van der Waals surface area contributed by atoms with Crippen molar-refractivity contribution in [1.82, 2.24) is 4.98 Å². The van der Waals surface area contributed by atoms with Crippen LogP contribution in [0.2, 0.25) is 0 Å². The van der Waals surface area contributed by atoms with E-state index >= 15 is 0 Å². The van der Waals surface area contributed by atoms with Crippen LogP contribution in [0.5, 0.6) is 0 Å². The lowest BCUT2D eigenvalue weighted by Gasteiger charge is -2.47. The molecule has 3 aliphatic rings. The van der Waals surface area contributed by atoms with Crippen LogP contribution in [0.3, 0.4) is 0 Å². The van der Waals surface area contributed by atoms with Gasteiger partial charge in [0, 0.05) is 16.6 Å². The predicted molar refractivity (Wildman–Crippen MR) is 126 cm³/mol. The Bertz CT molecular complexity index is 1270. The largest absolute Gasteiger partial charge is 0.357 e. The van der Waals surface area contributed by atoms with Gasteiger partial charge in [-0.25, -0.2) is 9.29 Å². The zero-order chi connectivity index (χ0) is 23.1. The quantitative estimate of drug-likeness (QED) is 0.458. The van der Waals surface area contributed by atoms with E-state index in [0.29, 0.717) is 11.6 Å². The molecule has 0 radical (unpaired) electrons. The van der Waals surface area contributed by atoms with E-state index in [9.17, 15) is 14.0 Å². The minimum absolute atomic E-state index is 0.126. The number of anilines is 1. The van der Waals surface area contributed by atoms with Crippen molar-refractivity contribution in [3.05, 3.63) is 65.6 Å². The lowest BCUT2D eigenvalue weighted by Crippen LogP contribution is -2.41. The van der Waals surface area contributed by atoms with Crippen LogP contribution >= 0.6 is 0 Å². The highest BCUT2D eigenvalue weighted by Crippen LogP contribution is 2.59. The molecule has 3 aromatic rings. The molecule has 170 valence electrons. The maximum atomic E-state index is 13.9. The number of imide groups is 1. The number of fused-ring (bicyclic) bond motifs is 8. The monoisotopic (exact) mass is 444 g/mol. The van der Waals surface area contributed by atoms with Crippen molar-refractivity contribution in [1.29, 1.82) is 0 Å². The van der Waals surface area contributed by atoms with Crippen LogP contribution in [-0.4, -0.2) is 16.8 Å². The van der Waals surface area contributed by atoms with Gasteiger partial charge in [-0.3, -0.25) is 9.59 Å². The molecule has 6 rings (SSSR count). The van der Waals surface area contributed by atoms with E-state index in [0.717, 1.165) is 30.5 Å². The molecule has 5 atom stereocenters. The summed E-state index contributed by atoms with van der Waals surface area (Å²) in [6.45, 7) is 6.84. The molecular weight excluding hydrogens is 415 g/mol. The lowest BCUT2D eigenvalue weighted by atomic mass is 9.56. The average molecular weight is 445 g/mol. The summed E-state index contributed by atoms with van der Waals surface area (Å²) in [5.41, 5.74) is 3.80. The molecule has 33 heavy (non-hydrogen) atoms. The molecule has 2 aromatic carbocycles. The van der Waals surface area contributed by atoms with Crippen LogP contribution in [0.15, 0.2) is 48.5 Å². The van der Waals surface area contributed by atoms with Gasteiger partial charge < -0.3 is 4.98 Å². The second kappa shape index (κ2) is 7.02. The Morgan fingerprint density at radius 2 is 1.70 bits per heavy atom. The summed E-state index contributed by atoms with van der Waals surface area (Å²) in [6, 6.07) is 13.9. The van der Waals surface area contributed by atoms with Crippen molar-refractivity contribution in [2.75, 3.05) is 4.90 Å². The maximum Gasteiger partial charge on any atom is 0.243 e. The highest BCUT2D eigenvalue weighted by molar-refractivity contribution is 6.24. The molecule has 2 fully saturated rings. The normalized spacial score (nSPS) is 29.2. The van der Waals surface area contributed by atoms with Crippen molar-refractivity contribution < 1.29 is 14.0 Å². The van der Waals surface area contributed by atoms with Gasteiger partial charge >= 0.3 is 0 Å². The fourth-order valence-corrected chi connectivity index (χ4v) is 6.85. The first kappa shape index (κ1) is 20.6. The van der Waals surface area contributed by atoms with Crippen LogP contribution in [0, 0.1) is 29.0 Å². The van der Waals surface area contributed by atoms with Gasteiger partial charge in [-0.05, 0) is 78.3 Å². The minimum Gasteiger partial charge on any atom is -0.357 e. The first-order valence-electron chi connectivity index (χ1n) is 12.0. The van der Waals surface area contributed by atoms with E-state index in [2.05, 4.69) is 37.9 Å². The predicted octanol–water partition coefficient (Wildman–Crippen LogP) is 6.14. The van der Waals surface area contributed by atoms with Gasteiger partial charge in [0.05, 0.1) is 17.5 Å². The number of carbonyl (C=O) groups is 2. The van der Waals surface area contributed by atoms with E-state index in [-0.39, 0.29) is 40.8 Å². The molecule has 2 amide bonds.